The number of anilines is 1. The molecule has 4 nitrogen and oxygen atoms in total. The summed E-state index contributed by atoms with van der Waals surface area (Å²) in [6, 6.07) is 21.6. The van der Waals surface area contributed by atoms with Crippen molar-refractivity contribution in [3.05, 3.63) is 95.1 Å². The lowest BCUT2D eigenvalue weighted by Gasteiger charge is -2.31. The lowest BCUT2D eigenvalue weighted by Crippen LogP contribution is -2.47. The summed E-state index contributed by atoms with van der Waals surface area (Å²) in [7, 11) is -4.07. The number of benzene rings is 3. The highest BCUT2D eigenvalue weighted by atomic mass is 127. The second-order valence-corrected chi connectivity index (χ2v) is 14.0. The Morgan fingerprint density at radius 2 is 1.47 bits per heavy atom. The fourth-order valence-electron chi connectivity index (χ4n) is 3.90. The first-order chi connectivity index (χ1) is 14.2. The van der Waals surface area contributed by atoms with Crippen LogP contribution in [0, 0.1) is 13.8 Å². The number of halogens is 2. The Hall–Kier alpha value is -1.46. The highest BCUT2D eigenvalue weighted by Crippen LogP contribution is 2.53. The van der Waals surface area contributed by atoms with Crippen LogP contribution in [0.5, 0.6) is 0 Å². The van der Waals surface area contributed by atoms with Gasteiger partial charge in [-0.1, -0.05) is 111 Å². The van der Waals surface area contributed by atoms with Crippen LogP contribution < -0.4 is 4.31 Å². The quantitative estimate of drug-likeness (QED) is 0.278. The number of hydrogen-bond acceptors (Lipinski definition) is 3. The van der Waals surface area contributed by atoms with Crippen molar-refractivity contribution in [3.8, 4) is 0 Å². The minimum Gasteiger partial charge on any atom is -0.272 e. The van der Waals surface area contributed by atoms with Gasteiger partial charge in [0.15, 0.2) is 0 Å². The van der Waals surface area contributed by atoms with Gasteiger partial charge in [0.2, 0.25) is 0 Å². The highest BCUT2D eigenvalue weighted by Gasteiger charge is 2.58. The molecule has 1 unspecified atom stereocenters. The van der Waals surface area contributed by atoms with E-state index < -0.39 is 21.3 Å². The molecule has 0 aromatic heterocycles. The van der Waals surface area contributed by atoms with E-state index in [1.54, 1.807) is 30.3 Å². The molecular weight excluding hydrogens is 624 g/mol. The van der Waals surface area contributed by atoms with Crippen molar-refractivity contribution in [2.45, 2.75) is 26.1 Å². The van der Waals surface area contributed by atoms with Gasteiger partial charge < -0.3 is 0 Å². The van der Waals surface area contributed by atoms with E-state index in [0.29, 0.717) is 5.69 Å². The molecule has 1 atom stereocenters. The Labute approximate surface area is 204 Å². The number of sulfonamides is 1. The van der Waals surface area contributed by atoms with Crippen molar-refractivity contribution in [2.24, 2.45) is 0 Å². The molecule has 0 radical (unpaired) electrons. The summed E-state index contributed by atoms with van der Waals surface area (Å²) >= 11 is 4.45. The van der Waals surface area contributed by atoms with Crippen LogP contribution in [0.15, 0.2) is 77.7 Å². The third-order valence-electron chi connectivity index (χ3n) is 5.43. The molecule has 1 aliphatic heterocycles. The molecule has 0 saturated carbocycles. The number of alkyl halides is 2. The molecule has 3 aromatic carbocycles. The lowest BCUT2D eigenvalue weighted by atomic mass is 9.77. The largest absolute Gasteiger partial charge is 0.272 e. The zero-order chi connectivity index (χ0) is 21.7. The average molecular weight is 643 g/mol. The molecule has 30 heavy (non-hydrogen) atoms. The smallest absolute Gasteiger partial charge is 0.270 e. The molecule has 7 heteroatoms. The lowest BCUT2D eigenvalue weighted by molar-refractivity contribution is -0.120. The van der Waals surface area contributed by atoms with Crippen LogP contribution in [0.1, 0.15) is 22.3 Å². The Kier molecular flexibility index (Phi) is 5.73. The standard InChI is InChI=1S/C23H19I2NO3S/c1-15-8-11-18(12-9-15)30(28,29)26-20-13-10-16(2)14-19(20)23(21(24)25,22(26)27)17-6-4-3-5-7-17/h3-14,21H,1-2H3. The molecule has 4 rings (SSSR count). The molecular formula is C23H19I2NO3S. The van der Waals surface area contributed by atoms with Crippen molar-refractivity contribution in [1.29, 1.82) is 0 Å². The van der Waals surface area contributed by atoms with Gasteiger partial charge in [-0.25, -0.2) is 12.7 Å². The van der Waals surface area contributed by atoms with Crippen molar-refractivity contribution in [2.75, 3.05) is 4.31 Å². The second-order valence-electron chi connectivity index (χ2n) is 7.38. The van der Waals surface area contributed by atoms with Crippen molar-refractivity contribution < 1.29 is 13.2 Å². The number of carbonyl (C=O) groups is 1. The number of amides is 1. The molecule has 0 spiro atoms. The van der Waals surface area contributed by atoms with E-state index in [2.05, 4.69) is 45.2 Å². The Bertz CT molecular complexity index is 1230. The predicted molar refractivity (Wildman–Crippen MR) is 136 cm³/mol. The number of hydrogen-bond donors (Lipinski definition) is 0. The maximum absolute atomic E-state index is 14.1. The maximum atomic E-state index is 14.1. The topological polar surface area (TPSA) is 54.5 Å². The van der Waals surface area contributed by atoms with Crippen LogP contribution in [0.2, 0.25) is 0 Å². The van der Waals surface area contributed by atoms with Gasteiger partial charge in [-0.15, -0.1) is 0 Å². The SMILES string of the molecule is Cc1ccc(S(=O)(=O)N2C(=O)C(c3ccccc3)(C(I)I)c3cc(C)ccc32)cc1. The second kappa shape index (κ2) is 7.90. The molecule has 3 aromatic rings. The van der Waals surface area contributed by atoms with Crippen molar-refractivity contribution >= 4 is 66.8 Å². The minimum atomic E-state index is -4.07. The minimum absolute atomic E-state index is 0.107. The van der Waals surface area contributed by atoms with Crippen LogP contribution in [-0.2, 0) is 20.2 Å². The van der Waals surface area contributed by atoms with Gasteiger partial charge in [0.1, 0.15) is 5.41 Å². The fourth-order valence-corrected chi connectivity index (χ4v) is 7.29. The van der Waals surface area contributed by atoms with E-state index in [9.17, 15) is 13.2 Å². The first kappa shape index (κ1) is 21.8. The summed E-state index contributed by atoms with van der Waals surface area (Å²) in [5, 5.41) is 0. The van der Waals surface area contributed by atoms with E-state index in [0.717, 1.165) is 26.6 Å². The molecule has 1 amide bonds. The molecule has 0 bridgehead atoms. The van der Waals surface area contributed by atoms with Crippen LogP contribution in [0.25, 0.3) is 0 Å². The predicted octanol–water partition coefficient (Wildman–Crippen LogP) is 5.52. The number of carbonyl (C=O) groups excluding carboxylic acids is 1. The monoisotopic (exact) mass is 643 g/mol. The van der Waals surface area contributed by atoms with Gasteiger partial charge in [-0.3, -0.25) is 4.79 Å². The van der Waals surface area contributed by atoms with Crippen molar-refractivity contribution in [3.63, 3.8) is 0 Å². The summed E-state index contributed by atoms with van der Waals surface area (Å²) in [6.45, 7) is 3.85. The Morgan fingerprint density at radius 3 is 2.07 bits per heavy atom. The average Bonchev–Trinajstić information content (AvgIpc) is 2.98. The summed E-state index contributed by atoms with van der Waals surface area (Å²) in [4.78, 5) is 14.2. The van der Waals surface area contributed by atoms with E-state index >= 15 is 0 Å². The van der Waals surface area contributed by atoms with Crippen LogP contribution in [-0.4, -0.2) is 16.3 Å². The number of fused-ring (bicyclic) bond motifs is 1. The zero-order valence-electron chi connectivity index (χ0n) is 16.3. The fraction of sp³-hybridized carbons (Fsp3) is 0.174. The van der Waals surface area contributed by atoms with Crippen molar-refractivity contribution in [1.82, 2.24) is 0 Å². The summed E-state index contributed by atoms with van der Waals surface area (Å²) in [5.41, 5.74) is 2.77. The Morgan fingerprint density at radius 1 is 0.867 bits per heavy atom. The number of rotatable bonds is 4. The third kappa shape index (κ3) is 3.20. The van der Waals surface area contributed by atoms with Gasteiger partial charge in [0.05, 0.1) is 12.5 Å². The summed E-state index contributed by atoms with van der Waals surface area (Å²) in [5.74, 6) is -0.441. The molecule has 0 fully saturated rings. The first-order valence-electron chi connectivity index (χ1n) is 9.32. The number of aryl methyl sites for hydroxylation is 2. The normalized spacial score (nSPS) is 18.7. The van der Waals surface area contributed by atoms with E-state index in [1.165, 1.54) is 0 Å². The van der Waals surface area contributed by atoms with Gasteiger partial charge >= 0.3 is 0 Å². The highest BCUT2D eigenvalue weighted by molar-refractivity contribution is 14.2. The van der Waals surface area contributed by atoms with E-state index in [4.69, 9.17) is 0 Å². The maximum Gasteiger partial charge on any atom is 0.270 e. The van der Waals surface area contributed by atoms with Gasteiger partial charge in [-0.05, 0) is 43.2 Å². The summed E-state index contributed by atoms with van der Waals surface area (Å²) < 4.78 is 28.1. The molecule has 0 saturated heterocycles. The van der Waals surface area contributed by atoms with Crippen LogP contribution >= 0.6 is 45.2 Å². The molecule has 1 aliphatic rings. The number of nitrogens with zero attached hydrogens (tertiary/aromatic N) is 1. The van der Waals surface area contributed by atoms with Crippen LogP contribution in [0.3, 0.4) is 0 Å². The van der Waals surface area contributed by atoms with Gasteiger partial charge in [-0.2, -0.15) is 0 Å². The first-order valence-corrected chi connectivity index (χ1v) is 13.2. The molecule has 0 aliphatic carbocycles. The summed E-state index contributed by atoms with van der Waals surface area (Å²) in [6.07, 6.45) is 0. The zero-order valence-corrected chi connectivity index (χ0v) is 21.5. The van der Waals surface area contributed by atoms with Gasteiger partial charge in [0.25, 0.3) is 15.9 Å². The molecule has 1 heterocycles. The van der Waals surface area contributed by atoms with Crippen LogP contribution in [0.4, 0.5) is 5.69 Å². The van der Waals surface area contributed by atoms with E-state index in [-0.39, 0.29) is 6.83 Å². The van der Waals surface area contributed by atoms with E-state index in [1.807, 2.05) is 56.3 Å². The molecule has 154 valence electrons. The third-order valence-corrected chi connectivity index (χ3v) is 9.01. The Balaban J connectivity index is 2.03. The molecule has 0 N–H and O–H groups in total. The van der Waals surface area contributed by atoms with Gasteiger partial charge in [0, 0.05) is 0 Å².